The Hall–Kier alpha value is 0.0248. The lowest BCUT2D eigenvalue weighted by Crippen LogP contribution is -2.49. The molecule has 83 valence electrons. The highest BCUT2D eigenvalue weighted by Gasteiger charge is 2.38. The molecule has 3 heterocycles. The van der Waals surface area contributed by atoms with Crippen molar-refractivity contribution in [1.29, 1.82) is 0 Å². The van der Waals surface area contributed by atoms with Crippen LogP contribution < -0.4 is 0 Å². The van der Waals surface area contributed by atoms with Crippen molar-refractivity contribution >= 4 is 32.6 Å². The fourth-order valence-electron chi connectivity index (χ4n) is 4.90. The van der Waals surface area contributed by atoms with Crippen LogP contribution in [0.5, 0.6) is 0 Å². The van der Waals surface area contributed by atoms with Crippen LogP contribution >= 0.6 is 0 Å². The van der Waals surface area contributed by atoms with E-state index in [2.05, 4.69) is 25.3 Å². The van der Waals surface area contributed by atoms with Crippen molar-refractivity contribution in [3.63, 3.8) is 0 Å². The number of allylic oxidation sites excluding steroid dienone is 2. The van der Waals surface area contributed by atoms with Crippen molar-refractivity contribution in [2.45, 2.75) is 50.2 Å². The van der Waals surface area contributed by atoms with Crippen molar-refractivity contribution in [3.05, 3.63) is 22.4 Å². The molecule has 0 N–H and O–H groups in total. The lowest BCUT2D eigenvalue weighted by atomic mass is 8.93. The lowest BCUT2D eigenvalue weighted by molar-refractivity contribution is 0.450. The van der Waals surface area contributed by atoms with Gasteiger partial charge in [-0.1, -0.05) is 38.5 Å². The Morgan fingerprint density at radius 1 is 1.19 bits per heavy atom. The molecular weight excluding hydrogens is 209 g/mol. The van der Waals surface area contributed by atoms with Gasteiger partial charge < -0.3 is 0 Å². The number of rotatable bonds is 2. The Balaban J connectivity index is 1.77. The van der Waals surface area contributed by atoms with E-state index in [9.17, 15) is 0 Å². The third-order valence-corrected chi connectivity index (χ3v) is 6.62. The minimum absolute atomic E-state index is 0.0855. The van der Waals surface area contributed by atoms with Crippen LogP contribution in [0.4, 0.5) is 0 Å². The zero-order chi connectivity index (χ0) is 11.0. The van der Waals surface area contributed by atoms with Gasteiger partial charge in [0.1, 0.15) is 0 Å². The van der Waals surface area contributed by atoms with Gasteiger partial charge in [0.15, 0.2) is 5.41 Å². The molecule has 0 saturated carbocycles. The van der Waals surface area contributed by atoms with E-state index in [0.29, 0.717) is 0 Å². The number of thioether (sulfide) groups is 1. The molecule has 0 aliphatic carbocycles. The van der Waals surface area contributed by atoms with Gasteiger partial charge in [0, 0.05) is 14.2 Å². The summed E-state index contributed by atoms with van der Waals surface area (Å²) in [5, 5.41) is 2.25. The summed E-state index contributed by atoms with van der Waals surface area (Å²) < 4.78 is 0. The van der Waals surface area contributed by atoms with Crippen molar-refractivity contribution in [1.82, 2.24) is 0 Å². The van der Waals surface area contributed by atoms with Crippen LogP contribution in [0.1, 0.15) is 38.5 Å². The second-order valence-corrected chi connectivity index (χ2v) is 7.20. The van der Waals surface area contributed by atoms with Gasteiger partial charge in [-0.15, -0.1) is 0 Å². The summed E-state index contributed by atoms with van der Waals surface area (Å²) in [5.41, 5.74) is 0. The van der Waals surface area contributed by atoms with Crippen LogP contribution in [0.3, 0.4) is 0 Å². The second-order valence-electron chi connectivity index (χ2n) is 6.22. The monoisotopic (exact) mass is 229 g/mol. The quantitative estimate of drug-likeness (QED) is 0.515. The minimum atomic E-state index is 0.0855. The second kappa shape index (κ2) is 4.72. The summed E-state index contributed by atoms with van der Waals surface area (Å²) in [4.78, 5) is 1.67. The van der Waals surface area contributed by atoms with E-state index in [0.717, 1.165) is 18.1 Å². The fourth-order valence-corrected chi connectivity index (χ4v) is 5.79. The first kappa shape index (κ1) is 11.1. The topological polar surface area (TPSA) is 0 Å². The van der Waals surface area contributed by atoms with Crippen molar-refractivity contribution in [3.8, 4) is 0 Å². The molecule has 2 saturated heterocycles. The van der Waals surface area contributed by atoms with Crippen LogP contribution in [0, 0.1) is 0 Å². The molecule has 1 radical (unpaired) electrons. The predicted molar refractivity (Wildman–Crippen MR) is 81.2 cm³/mol. The molecule has 0 spiro atoms. The molecule has 3 rings (SSSR count). The molecule has 3 aliphatic heterocycles. The van der Waals surface area contributed by atoms with Gasteiger partial charge in [-0.2, -0.15) is 11.6 Å². The molecule has 4 heteroatoms. The van der Waals surface area contributed by atoms with Crippen LogP contribution in [-0.4, -0.2) is 20.8 Å². The van der Waals surface area contributed by atoms with E-state index in [1.165, 1.54) is 12.8 Å². The Bertz CT molecular complexity index is 304. The molecule has 0 atom stereocenters. The molecule has 2 fully saturated rings. The molecule has 0 aromatic heterocycles. The standard InChI is InChI=1S/C12H20B3S/c13-15(12-8-3-9-16-12)14-10-4-1-5-11(14)7-2-6-10/h3,8-11,14H,1-2,4-7,13H2. The van der Waals surface area contributed by atoms with Gasteiger partial charge in [-0.3, -0.25) is 0 Å². The summed E-state index contributed by atoms with van der Waals surface area (Å²) in [6.07, 6.45) is 13.8. The summed E-state index contributed by atoms with van der Waals surface area (Å²) in [6.45, 7) is 0.984. The molecule has 0 aromatic carbocycles. The zero-order valence-electron chi connectivity index (χ0n) is 10.3. The number of fused-ring (bicyclic) bond motifs is 2. The summed E-state index contributed by atoms with van der Waals surface area (Å²) in [5.74, 6) is 2.26. The normalized spacial score (nSPS) is 37.2. The molecule has 0 aromatic rings. The van der Waals surface area contributed by atoms with Crippen molar-refractivity contribution in [2.24, 2.45) is 0 Å². The minimum Gasteiger partial charge on any atom is -0.175 e. The Kier molecular flexibility index (Phi) is 3.28. The lowest BCUT2D eigenvalue weighted by Gasteiger charge is -2.50. The summed E-state index contributed by atoms with van der Waals surface area (Å²) in [6, 6.07) is 0. The zero-order valence-corrected chi connectivity index (χ0v) is 11.1. The number of hydrogen-bond acceptors (Lipinski definition) is 1. The highest BCUT2D eigenvalue weighted by molar-refractivity contribution is 7.90. The molecule has 0 nitrogen and oxygen atoms in total. The first-order chi connectivity index (χ1) is 7.86. The van der Waals surface area contributed by atoms with E-state index < -0.39 is 0 Å². The van der Waals surface area contributed by atoms with Crippen LogP contribution in [0.25, 0.3) is 0 Å². The SMILES string of the molecule is BB([BH-]1C2CCCC1CCC2)C1=CC=C[S+]1. The fraction of sp³-hybridized carbons (Fsp3) is 0.667. The largest absolute Gasteiger partial charge is 0.255 e. The van der Waals surface area contributed by atoms with E-state index in [4.69, 9.17) is 0 Å². The van der Waals surface area contributed by atoms with Crippen LogP contribution in [0.2, 0.25) is 11.6 Å². The Labute approximate surface area is 105 Å². The average molecular weight is 229 g/mol. The van der Waals surface area contributed by atoms with Gasteiger partial charge in [-0.25, -0.2) is 0 Å². The highest BCUT2D eigenvalue weighted by Crippen LogP contribution is 2.47. The number of hydrogen-bond donors (Lipinski definition) is 0. The van der Waals surface area contributed by atoms with Crippen LogP contribution in [0.15, 0.2) is 22.4 Å². The maximum Gasteiger partial charge on any atom is 0.255 e. The van der Waals surface area contributed by atoms with E-state index in [1.54, 1.807) is 30.5 Å². The van der Waals surface area contributed by atoms with Crippen molar-refractivity contribution in [2.75, 3.05) is 0 Å². The van der Waals surface area contributed by atoms with Gasteiger partial charge in [0.2, 0.25) is 0 Å². The third kappa shape index (κ3) is 1.94. The first-order valence-corrected chi connectivity index (χ1v) is 8.00. The molecule has 16 heavy (non-hydrogen) atoms. The van der Waals surface area contributed by atoms with E-state index >= 15 is 0 Å². The third-order valence-electron chi connectivity index (χ3n) is 5.52. The summed E-state index contributed by atoms with van der Waals surface area (Å²) in [7, 11) is 2.52. The van der Waals surface area contributed by atoms with Gasteiger partial charge in [-0.05, 0) is 18.8 Å². The first-order valence-electron chi connectivity index (χ1n) is 7.12. The Morgan fingerprint density at radius 2 is 1.81 bits per heavy atom. The Morgan fingerprint density at radius 3 is 2.31 bits per heavy atom. The average Bonchev–Trinajstić information content (AvgIpc) is 2.80. The van der Waals surface area contributed by atoms with Gasteiger partial charge in [0.05, 0.1) is 4.80 Å². The van der Waals surface area contributed by atoms with E-state index in [-0.39, 0.29) is 6.60 Å². The van der Waals surface area contributed by atoms with Gasteiger partial charge in [0.25, 0.3) is 11.8 Å². The van der Waals surface area contributed by atoms with Crippen LogP contribution in [-0.2, 0) is 11.8 Å². The van der Waals surface area contributed by atoms with Crippen molar-refractivity contribution < 1.29 is 0 Å². The maximum atomic E-state index is 2.52. The highest BCUT2D eigenvalue weighted by atomic mass is 32.2. The van der Waals surface area contributed by atoms with Gasteiger partial charge >= 0.3 is 0 Å². The predicted octanol–water partition coefficient (Wildman–Crippen LogP) is 2.06. The van der Waals surface area contributed by atoms with E-state index in [1.807, 2.05) is 11.8 Å². The molecule has 0 unspecified atom stereocenters. The smallest absolute Gasteiger partial charge is 0.175 e. The molecule has 2 bridgehead atoms. The molecular formula is C12H20B3S. The molecule has 0 amide bonds. The maximum absolute atomic E-state index is 2.52. The molecule has 3 aliphatic rings. The summed E-state index contributed by atoms with van der Waals surface area (Å²) >= 11 is 1.98.